The van der Waals surface area contributed by atoms with Gasteiger partial charge in [0, 0.05) is 31.2 Å². The lowest BCUT2D eigenvalue weighted by molar-refractivity contribution is 0.174. The number of nitrogens with zero attached hydrogens (tertiary/aromatic N) is 1. The molecule has 1 unspecified atom stereocenters. The number of hydrogen-bond donors (Lipinski definition) is 1. The third-order valence-corrected chi connectivity index (χ3v) is 4.88. The van der Waals surface area contributed by atoms with Crippen molar-refractivity contribution in [2.24, 2.45) is 5.92 Å². The molecule has 1 atom stereocenters. The maximum absolute atomic E-state index is 3.53. The van der Waals surface area contributed by atoms with Crippen LogP contribution in [-0.4, -0.2) is 31.1 Å². The van der Waals surface area contributed by atoms with E-state index in [0.29, 0.717) is 0 Å². The van der Waals surface area contributed by atoms with Gasteiger partial charge in [-0.25, -0.2) is 0 Å². The smallest absolute Gasteiger partial charge is 0.0376 e. The van der Waals surface area contributed by atoms with Gasteiger partial charge >= 0.3 is 0 Å². The molecule has 104 valence electrons. The molecule has 1 aromatic rings. The molecule has 1 aromatic carbocycles. The van der Waals surface area contributed by atoms with Gasteiger partial charge in [-0.15, -0.1) is 0 Å². The van der Waals surface area contributed by atoms with Crippen LogP contribution < -0.4 is 5.32 Å². The molecule has 0 spiro atoms. The molecule has 1 aliphatic carbocycles. The molecule has 19 heavy (non-hydrogen) atoms. The van der Waals surface area contributed by atoms with Crippen molar-refractivity contribution < 1.29 is 0 Å². The van der Waals surface area contributed by atoms with Crippen molar-refractivity contribution in [1.29, 1.82) is 0 Å². The van der Waals surface area contributed by atoms with Crippen LogP contribution in [0.4, 0.5) is 5.69 Å². The second-order valence-corrected chi connectivity index (χ2v) is 6.15. The molecule has 1 aliphatic heterocycles. The first-order valence-corrected chi connectivity index (χ1v) is 7.92. The van der Waals surface area contributed by atoms with Gasteiger partial charge in [-0.1, -0.05) is 31.5 Å². The fraction of sp³-hybridized carbons (Fsp3) is 0.647. The van der Waals surface area contributed by atoms with Gasteiger partial charge in [-0.2, -0.15) is 0 Å². The van der Waals surface area contributed by atoms with E-state index >= 15 is 0 Å². The summed E-state index contributed by atoms with van der Waals surface area (Å²) in [4.78, 5) is 2.68. The lowest BCUT2D eigenvalue weighted by atomic mass is 9.84. The fourth-order valence-corrected chi connectivity index (χ4v) is 3.43. The molecule has 0 bridgehead atoms. The maximum atomic E-state index is 3.53. The summed E-state index contributed by atoms with van der Waals surface area (Å²) in [6.07, 6.45) is 5.65. The average Bonchev–Trinajstić information content (AvgIpc) is 2.41. The standard InChI is InChI=1S/C17H26N2/c1-2-19(12-14-6-5-7-14)13-15-10-11-18-17-9-4-3-8-16(15)17/h3-4,8-9,14-15,18H,2,5-7,10-13H2,1H3. The van der Waals surface area contributed by atoms with E-state index in [1.807, 2.05) is 0 Å². The topological polar surface area (TPSA) is 15.3 Å². The zero-order chi connectivity index (χ0) is 13.1. The van der Waals surface area contributed by atoms with Crippen molar-refractivity contribution in [2.45, 2.75) is 38.5 Å². The van der Waals surface area contributed by atoms with Crippen LogP contribution in [-0.2, 0) is 0 Å². The molecule has 2 nitrogen and oxygen atoms in total. The summed E-state index contributed by atoms with van der Waals surface area (Å²) in [5, 5.41) is 3.53. The number of para-hydroxylation sites is 1. The highest BCUT2D eigenvalue weighted by Gasteiger charge is 2.24. The van der Waals surface area contributed by atoms with Crippen LogP contribution in [0.5, 0.6) is 0 Å². The minimum absolute atomic E-state index is 0.720. The Labute approximate surface area is 117 Å². The molecule has 0 saturated heterocycles. The normalized spacial score (nSPS) is 22.7. The van der Waals surface area contributed by atoms with Crippen LogP contribution in [0, 0.1) is 5.92 Å². The van der Waals surface area contributed by atoms with Gasteiger partial charge in [0.05, 0.1) is 0 Å². The minimum Gasteiger partial charge on any atom is -0.385 e. The number of nitrogens with one attached hydrogen (secondary N) is 1. The number of hydrogen-bond acceptors (Lipinski definition) is 2. The van der Waals surface area contributed by atoms with Gasteiger partial charge in [0.15, 0.2) is 0 Å². The Bertz CT molecular complexity index is 411. The van der Waals surface area contributed by atoms with Crippen LogP contribution in [0.25, 0.3) is 0 Å². The Balaban J connectivity index is 1.65. The first-order valence-electron chi connectivity index (χ1n) is 7.92. The Kier molecular flexibility index (Phi) is 4.07. The van der Waals surface area contributed by atoms with E-state index in [1.165, 1.54) is 56.6 Å². The molecule has 2 aliphatic rings. The molecule has 1 N–H and O–H groups in total. The van der Waals surface area contributed by atoms with Gasteiger partial charge in [0.2, 0.25) is 0 Å². The third-order valence-electron chi connectivity index (χ3n) is 4.88. The maximum Gasteiger partial charge on any atom is 0.0376 e. The largest absolute Gasteiger partial charge is 0.385 e. The quantitative estimate of drug-likeness (QED) is 0.866. The highest BCUT2D eigenvalue weighted by Crippen LogP contribution is 2.33. The first-order chi connectivity index (χ1) is 9.36. The molecule has 2 heteroatoms. The van der Waals surface area contributed by atoms with E-state index in [2.05, 4.69) is 41.4 Å². The molecular weight excluding hydrogens is 232 g/mol. The summed E-state index contributed by atoms with van der Waals surface area (Å²) in [6.45, 7) is 7.20. The predicted molar refractivity (Wildman–Crippen MR) is 81.7 cm³/mol. The van der Waals surface area contributed by atoms with Crippen molar-refractivity contribution in [3.63, 3.8) is 0 Å². The zero-order valence-electron chi connectivity index (χ0n) is 12.1. The van der Waals surface area contributed by atoms with Crippen LogP contribution in [0.15, 0.2) is 24.3 Å². The van der Waals surface area contributed by atoms with E-state index in [9.17, 15) is 0 Å². The van der Waals surface area contributed by atoms with Crippen molar-refractivity contribution >= 4 is 5.69 Å². The Morgan fingerprint density at radius 3 is 2.74 bits per heavy atom. The number of benzene rings is 1. The molecule has 1 fully saturated rings. The van der Waals surface area contributed by atoms with E-state index in [1.54, 1.807) is 0 Å². The van der Waals surface area contributed by atoms with Crippen molar-refractivity contribution in [3.8, 4) is 0 Å². The molecule has 3 rings (SSSR count). The summed E-state index contributed by atoms with van der Waals surface area (Å²) in [7, 11) is 0. The van der Waals surface area contributed by atoms with Gasteiger partial charge < -0.3 is 10.2 Å². The van der Waals surface area contributed by atoms with Crippen LogP contribution in [0.3, 0.4) is 0 Å². The molecular formula is C17H26N2. The van der Waals surface area contributed by atoms with Crippen molar-refractivity contribution in [1.82, 2.24) is 4.90 Å². The summed E-state index contributed by atoms with van der Waals surface area (Å²) < 4.78 is 0. The predicted octanol–water partition coefficient (Wildman–Crippen LogP) is 3.71. The summed E-state index contributed by atoms with van der Waals surface area (Å²) in [5.74, 6) is 1.70. The Morgan fingerprint density at radius 1 is 1.16 bits per heavy atom. The molecule has 0 radical (unpaired) electrons. The lowest BCUT2D eigenvalue weighted by Crippen LogP contribution is -2.36. The second kappa shape index (κ2) is 5.96. The lowest BCUT2D eigenvalue weighted by Gasteiger charge is -2.35. The van der Waals surface area contributed by atoms with Gasteiger partial charge in [-0.05, 0) is 43.4 Å². The Hall–Kier alpha value is -1.02. The molecule has 0 amide bonds. The van der Waals surface area contributed by atoms with E-state index in [-0.39, 0.29) is 0 Å². The summed E-state index contributed by atoms with van der Waals surface area (Å²) in [5.41, 5.74) is 2.89. The monoisotopic (exact) mass is 258 g/mol. The van der Waals surface area contributed by atoms with Crippen LogP contribution in [0.1, 0.15) is 44.1 Å². The number of rotatable bonds is 5. The summed E-state index contributed by atoms with van der Waals surface area (Å²) in [6, 6.07) is 8.86. The van der Waals surface area contributed by atoms with E-state index < -0.39 is 0 Å². The molecule has 1 saturated carbocycles. The fourth-order valence-electron chi connectivity index (χ4n) is 3.43. The van der Waals surface area contributed by atoms with Crippen molar-refractivity contribution in [3.05, 3.63) is 29.8 Å². The zero-order valence-corrected chi connectivity index (χ0v) is 12.1. The van der Waals surface area contributed by atoms with E-state index in [0.717, 1.165) is 18.4 Å². The second-order valence-electron chi connectivity index (χ2n) is 6.15. The first kappa shape index (κ1) is 13.0. The number of fused-ring (bicyclic) bond motifs is 1. The Morgan fingerprint density at radius 2 is 2.00 bits per heavy atom. The number of likely N-dealkylation sites (N-methyl/N-ethyl adjacent to an activating group) is 1. The molecule has 0 aromatic heterocycles. The van der Waals surface area contributed by atoms with Crippen LogP contribution in [0.2, 0.25) is 0 Å². The van der Waals surface area contributed by atoms with Gasteiger partial charge in [-0.3, -0.25) is 0 Å². The van der Waals surface area contributed by atoms with Gasteiger partial charge in [0.1, 0.15) is 0 Å². The highest BCUT2D eigenvalue weighted by atomic mass is 15.1. The van der Waals surface area contributed by atoms with Crippen LogP contribution >= 0.6 is 0 Å². The summed E-state index contributed by atoms with van der Waals surface area (Å²) >= 11 is 0. The number of anilines is 1. The van der Waals surface area contributed by atoms with Gasteiger partial charge in [0.25, 0.3) is 0 Å². The third kappa shape index (κ3) is 2.94. The molecule has 1 heterocycles. The van der Waals surface area contributed by atoms with Crippen molar-refractivity contribution in [2.75, 3.05) is 31.5 Å². The SMILES string of the molecule is CCN(CC1CCC1)CC1CCNc2ccccc21. The highest BCUT2D eigenvalue weighted by molar-refractivity contribution is 5.54. The van der Waals surface area contributed by atoms with E-state index in [4.69, 9.17) is 0 Å². The average molecular weight is 258 g/mol. The minimum atomic E-state index is 0.720.